The Morgan fingerprint density at radius 2 is 1.97 bits per heavy atom. The van der Waals surface area contributed by atoms with Crippen LogP contribution in [0.2, 0.25) is 0 Å². The number of hydrogen-bond acceptors (Lipinski definition) is 7. The molecule has 166 valence electrons. The number of anilines is 2. The normalized spacial score (nSPS) is 14.0. The minimum Gasteiger partial charge on any atom is -0.495 e. The summed E-state index contributed by atoms with van der Waals surface area (Å²) in [7, 11) is 1.48. The van der Waals surface area contributed by atoms with Gasteiger partial charge in [0.25, 0.3) is 5.91 Å². The predicted molar refractivity (Wildman–Crippen MR) is 117 cm³/mol. The molecule has 1 aliphatic rings. The second-order valence-corrected chi connectivity index (χ2v) is 7.10. The highest BCUT2D eigenvalue weighted by molar-refractivity contribution is 6.01. The minimum atomic E-state index is -0.489. The van der Waals surface area contributed by atoms with Gasteiger partial charge in [-0.2, -0.15) is 0 Å². The van der Waals surface area contributed by atoms with Crippen molar-refractivity contribution in [1.29, 1.82) is 0 Å². The van der Waals surface area contributed by atoms with E-state index in [-0.39, 0.29) is 5.91 Å². The lowest BCUT2D eigenvalue weighted by molar-refractivity contribution is 0.0374. The zero-order valence-electron chi connectivity index (χ0n) is 17.8. The lowest BCUT2D eigenvalue weighted by atomic mass is 10.1. The molecule has 1 aromatic carbocycles. The molecular formula is C21H28N6O4. The summed E-state index contributed by atoms with van der Waals surface area (Å²) in [5.74, 6) is 0.521. The molecule has 0 unspecified atom stereocenters. The average molecular weight is 428 g/mol. The summed E-state index contributed by atoms with van der Waals surface area (Å²) in [6.07, 6.45) is 3.90. The van der Waals surface area contributed by atoms with Crippen LogP contribution in [0.1, 0.15) is 22.5 Å². The largest absolute Gasteiger partial charge is 0.495 e. The number of carbonyl (C=O) groups excluding carboxylic acids is 2. The Morgan fingerprint density at radius 3 is 2.68 bits per heavy atom. The van der Waals surface area contributed by atoms with E-state index < -0.39 is 6.03 Å². The van der Waals surface area contributed by atoms with Crippen molar-refractivity contribution in [2.45, 2.75) is 13.3 Å². The van der Waals surface area contributed by atoms with E-state index in [1.807, 2.05) is 6.92 Å². The number of aryl methyl sites for hydroxylation is 1. The zero-order valence-corrected chi connectivity index (χ0v) is 17.8. The van der Waals surface area contributed by atoms with E-state index in [0.717, 1.165) is 45.0 Å². The molecule has 1 aliphatic heterocycles. The number of ether oxygens (including phenoxy) is 2. The number of methoxy groups -OCH3 is 1. The predicted octanol–water partition coefficient (Wildman–Crippen LogP) is 1.89. The smallest absolute Gasteiger partial charge is 0.324 e. The summed E-state index contributed by atoms with van der Waals surface area (Å²) in [5, 5.41) is 8.21. The van der Waals surface area contributed by atoms with Gasteiger partial charge in [0.05, 0.1) is 44.1 Å². The molecule has 10 nitrogen and oxygen atoms in total. The van der Waals surface area contributed by atoms with Crippen LogP contribution in [0.4, 0.5) is 16.3 Å². The number of aromatic nitrogens is 2. The van der Waals surface area contributed by atoms with Crippen molar-refractivity contribution in [3.63, 3.8) is 0 Å². The molecule has 1 fully saturated rings. The number of urea groups is 1. The fourth-order valence-electron chi connectivity index (χ4n) is 3.09. The first kappa shape index (κ1) is 22.4. The van der Waals surface area contributed by atoms with Crippen LogP contribution in [0.5, 0.6) is 5.75 Å². The van der Waals surface area contributed by atoms with Crippen molar-refractivity contribution in [2.75, 3.05) is 57.1 Å². The minimum absolute atomic E-state index is 0.189. The van der Waals surface area contributed by atoms with Crippen LogP contribution in [0.15, 0.2) is 30.6 Å². The van der Waals surface area contributed by atoms with Gasteiger partial charge in [0.2, 0.25) is 0 Å². The first-order valence-corrected chi connectivity index (χ1v) is 10.2. The molecule has 0 atom stereocenters. The topological polar surface area (TPSA) is 118 Å². The van der Waals surface area contributed by atoms with E-state index in [1.54, 1.807) is 24.4 Å². The van der Waals surface area contributed by atoms with Crippen LogP contribution >= 0.6 is 0 Å². The molecule has 1 aromatic heterocycles. The third-order valence-corrected chi connectivity index (χ3v) is 4.77. The summed E-state index contributed by atoms with van der Waals surface area (Å²) in [6.45, 7) is 6.72. The van der Waals surface area contributed by atoms with Crippen LogP contribution in [-0.4, -0.2) is 73.3 Å². The second-order valence-electron chi connectivity index (χ2n) is 7.10. The number of morpholine rings is 1. The van der Waals surface area contributed by atoms with E-state index in [1.165, 1.54) is 13.3 Å². The molecule has 0 bridgehead atoms. The quantitative estimate of drug-likeness (QED) is 0.550. The summed E-state index contributed by atoms with van der Waals surface area (Å²) in [5.41, 5.74) is 1.64. The van der Waals surface area contributed by atoms with Crippen LogP contribution in [0.25, 0.3) is 0 Å². The molecule has 1 saturated heterocycles. The molecule has 0 spiro atoms. The standard InChI is InChI=1S/C21H28N6O4/c1-15-13-24-19(14-23-15)26-21(29)25-17-5-4-16(12-18(17)30-2)20(28)22-6-3-7-27-8-10-31-11-9-27/h4-5,12-14H,3,6-11H2,1-2H3,(H,22,28)(H2,24,25,26,29). The van der Waals surface area contributed by atoms with Crippen molar-refractivity contribution in [2.24, 2.45) is 0 Å². The number of nitrogens with one attached hydrogen (secondary N) is 3. The third kappa shape index (κ3) is 6.90. The van der Waals surface area contributed by atoms with E-state index in [0.29, 0.717) is 29.4 Å². The molecule has 31 heavy (non-hydrogen) atoms. The number of carbonyl (C=O) groups is 2. The van der Waals surface area contributed by atoms with E-state index in [4.69, 9.17) is 9.47 Å². The van der Waals surface area contributed by atoms with Crippen molar-refractivity contribution in [3.05, 3.63) is 41.9 Å². The Hall–Kier alpha value is -3.24. The zero-order chi connectivity index (χ0) is 22.1. The van der Waals surface area contributed by atoms with Gasteiger partial charge < -0.3 is 20.1 Å². The average Bonchev–Trinajstić information content (AvgIpc) is 2.79. The molecule has 0 aliphatic carbocycles. The molecule has 3 rings (SSSR count). The number of rotatable bonds is 8. The Labute approximate surface area is 181 Å². The highest BCUT2D eigenvalue weighted by atomic mass is 16.5. The first-order valence-electron chi connectivity index (χ1n) is 10.2. The number of hydrogen-bond donors (Lipinski definition) is 3. The molecule has 0 saturated carbocycles. The van der Waals surface area contributed by atoms with E-state index >= 15 is 0 Å². The lowest BCUT2D eigenvalue weighted by Gasteiger charge is -2.26. The van der Waals surface area contributed by atoms with Gasteiger partial charge in [-0.05, 0) is 38.1 Å². The molecule has 0 radical (unpaired) electrons. The van der Waals surface area contributed by atoms with Crippen LogP contribution in [0, 0.1) is 6.92 Å². The summed E-state index contributed by atoms with van der Waals surface area (Å²) >= 11 is 0. The van der Waals surface area contributed by atoms with Gasteiger partial charge in [-0.3, -0.25) is 20.0 Å². The van der Waals surface area contributed by atoms with Crippen molar-refractivity contribution >= 4 is 23.4 Å². The van der Waals surface area contributed by atoms with Gasteiger partial charge in [-0.25, -0.2) is 9.78 Å². The van der Waals surface area contributed by atoms with Gasteiger partial charge in [-0.15, -0.1) is 0 Å². The fourth-order valence-corrected chi connectivity index (χ4v) is 3.09. The highest BCUT2D eigenvalue weighted by Crippen LogP contribution is 2.25. The molecule has 3 amide bonds. The molecule has 2 aromatic rings. The Morgan fingerprint density at radius 1 is 1.16 bits per heavy atom. The van der Waals surface area contributed by atoms with Gasteiger partial charge in [0, 0.05) is 25.2 Å². The van der Waals surface area contributed by atoms with Crippen LogP contribution in [0.3, 0.4) is 0 Å². The maximum absolute atomic E-state index is 12.5. The third-order valence-electron chi connectivity index (χ3n) is 4.77. The van der Waals surface area contributed by atoms with E-state index in [2.05, 4.69) is 30.8 Å². The van der Waals surface area contributed by atoms with Crippen molar-refractivity contribution in [1.82, 2.24) is 20.2 Å². The fraction of sp³-hybridized carbons (Fsp3) is 0.429. The summed E-state index contributed by atoms with van der Waals surface area (Å²) in [6, 6.07) is 4.37. The Balaban J connectivity index is 1.50. The monoisotopic (exact) mass is 428 g/mol. The number of benzene rings is 1. The van der Waals surface area contributed by atoms with Gasteiger partial charge in [0.15, 0.2) is 5.82 Å². The lowest BCUT2D eigenvalue weighted by Crippen LogP contribution is -2.38. The van der Waals surface area contributed by atoms with Gasteiger partial charge in [-0.1, -0.05) is 0 Å². The number of nitrogens with zero attached hydrogens (tertiary/aromatic N) is 3. The second kappa shape index (κ2) is 11.2. The molecule has 3 N–H and O–H groups in total. The van der Waals surface area contributed by atoms with Crippen molar-refractivity contribution in [3.8, 4) is 5.75 Å². The number of amides is 3. The SMILES string of the molecule is COc1cc(C(=O)NCCCN2CCOCC2)ccc1NC(=O)Nc1cnc(C)cn1. The van der Waals surface area contributed by atoms with Gasteiger partial charge in [0.1, 0.15) is 5.75 Å². The summed E-state index contributed by atoms with van der Waals surface area (Å²) in [4.78, 5) is 35.2. The molecule has 2 heterocycles. The van der Waals surface area contributed by atoms with Crippen molar-refractivity contribution < 1.29 is 19.1 Å². The molecular weight excluding hydrogens is 400 g/mol. The first-order chi connectivity index (χ1) is 15.0. The maximum atomic E-state index is 12.5. The van der Waals surface area contributed by atoms with Gasteiger partial charge >= 0.3 is 6.03 Å². The maximum Gasteiger partial charge on any atom is 0.324 e. The molecule has 10 heteroatoms. The summed E-state index contributed by atoms with van der Waals surface area (Å²) < 4.78 is 10.7. The van der Waals surface area contributed by atoms with Crippen LogP contribution < -0.4 is 20.7 Å². The van der Waals surface area contributed by atoms with E-state index in [9.17, 15) is 9.59 Å². The Bertz CT molecular complexity index is 884. The van der Waals surface area contributed by atoms with Crippen LogP contribution in [-0.2, 0) is 4.74 Å². The highest BCUT2D eigenvalue weighted by Gasteiger charge is 2.13. The Kier molecular flexibility index (Phi) is 8.13.